The van der Waals surface area contributed by atoms with Crippen LogP contribution in [0.3, 0.4) is 0 Å². The third-order valence-corrected chi connectivity index (χ3v) is 3.54. The SMILES string of the molecule is COCCC[C@H]1CCCN(C(=O)c2ccoc2)C1. The Kier molecular flexibility index (Phi) is 4.81. The van der Waals surface area contributed by atoms with Gasteiger partial charge in [-0.3, -0.25) is 4.79 Å². The van der Waals surface area contributed by atoms with E-state index in [0.717, 1.165) is 39.0 Å². The number of carbonyl (C=O) groups excluding carboxylic acids is 1. The van der Waals surface area contributed by atoms with Gasteiger partial charge in [-0.25, -0.2) is 0 Å². The maximum absolute atomic E-state index is 12.2. The summed E-state index contributed by atoms with van der Waals surface area (Å²) in [5, 5.41) is 0. The molecule has 2 heterocycles. The maximum Gasteiger partial charge on any atom is 0.257 e. The summed E-state index contributed by atoms with van der Waals surface area (Å²) in [5.41, 5.74) is 0.660. The van der Waals surface area contributed by atoms with Gasteiger partial charge in [-0.05, 0) is 37.7 Å². The number of ether oxygens (including phenoxy) is 1. The van der Waals surface area contributed by atoms with E-state index in [9.17, 15) is 4.79 Å². The Morgan fingerprint density at radius 3 is 3.22 bits per heavy atom. The van der Waals surface area contributed by atoms with Gasteiger partial charge in [0.15, 0.2) is 0 Å². The minimum absolute atomic E-state index is 0.0974. The minimum Gasteiger partial charge on any atom is -0.472 e. The van der Waals surface area contributed by atoms with E-state index >= 15 is 0 Å². The van der Waals surface area contributed by atoms with Crippen molar-refractivity contribution in [1.29, 1.82) is 0 Å². The molecule has 1 aliphatic heterocycles. The summed E-state index contributed by atoms with van der Waals surface area (Å²) < 4.78 is 10.0. The predicted octanol–water partition coefficient (Wildman–Crippen LogP) is 2.56. The Morgan fingerprint density at radius 2 is 2.50 bits per heavy atom. The molecule has 0 saturated carbocycles. The molecule has 1 saturated heterocycles. The molecule has 0 aromatic carbocycles. The molecule has 4 nitrogen and oxygen atoms in total. The number of hydrogen-bond acceptors (Lipinski definition) is 3. The fourth-order valence-corrected chi connectivity index (χ4v) is 2.57. The van der Waals surface area contributed by atoms with Crippen LogP contribution in [-0.2, 0) is 4.74 Å². The van der Waals surface area contributed by atoms with Crippen molar-refractivity contribution < 1.29 is 13.9 Å². The van der Waals surface area contributed by atoms with Crippen LogP contribution in [0.4, 0.5) is 0 Å². The van der Waals surface area contributed by atoms with Crippen LogP contribution in [0.2, 0.25) is 0 Å². The Bertz CT molecular complexity index is 361. The van der Waals surface area contributed by atoms with E-state index in [1.54, 1.807) is 19.4 Å². The van der Waals surface area contributed by atoms with Crippen molar-refractivity contribution in [2.45, 2.75) is 25.7 Å². The van der Waals surface area contributed by atoms with Crippen molar-refractivity contribution >= 4 is 5.91 Å². The molecule has 0 N–H and O–H groups in total. The van der Waals surface area contributed by atoms with Crippen molar-refractivity contribution in [3.8, 4) is 0 Å². The quantitative estimate of drug-likeness (QED) is 0.755. The van der Waals surface area contributed by atoms with Crippen molar-refractivity contribution in [1.82, 2.24) is 4.90 Å². The van der Waals surface area contributed by atoms with E-state index in [1.807, 2.05) is 4.90 Å². The van der Waals surface area contributed by atoms with E-state index in [1.165, 1.54) is 12.7 Å². The molecule has 4 heteroatoms. The monoisotopic (exact) mass is 251 g/mol. The molecular formula is C14H21NO3. The average molecular weight is 251 g/mol. The zero-order chi connectivity index (χ0) is 12.8. The molecule has 1 fully saturated rings. The Morgan fingerprint density at radius 1 is 1.61 bits per heavy atom. The van der Waals surface area contributed by atoms with Gasteiger partial charge in [0.25, 0.3) is 5.91 Å². The smallest absolute Gasteiger partial charge is 0.257 e. The van der Waals surface area contributed by atoms with Crippen LogP contribution in [-0.4, -0.2) is 37.6 Å². The van der Waals surface area contributed by atoms with Crippen LogP contribution in [0.1, 0.15) is 36.0 Å². The van der Waals surface area contributed by atoms with Gasteiger partial charge in [-0.15, -0.1) is 0 Å². The zero-order valence-electron chi connectivity index (χ0n) is 10.9. The number of rotatable bonds is 5. The minimum atomic E-state index is 0.0974. The molecule has 0 bridgehead atoms. The predicted molar refractivity (Wildman–Crippen MR) is 68.4 cm³/mol. The second-order valence-electron chi connectivity index (χ2n) is 4.91. The van der Waals surface area contributed by atoms with E-state index < -0.39 is 0 Å². The summed E-state index contributed by atoms with van der Waals surface area (Å²) in [6, 6.07) is 1.73. The number of amides is 1. The summed E-state index contributed by atoms with van der Waals surface area (Å²) in [4.78, 5) is 14.1. The molecule has 1 atom stereocenters. The maximum atomic E-state index is 12.2. The molecule has 100 valence electrons. The molecular weight excluding hydrogens is 230 g/mol. The van der Waals surface area contributed by atoms with Crippen LogP contribution in [0.15, 0.2) is 23.0 Å². The first kappa shape index (κ1) is 13.1. The first-order valence-electron chi connectivity index (χ1n) is 6.61. The fraction of sp³-hybridized carbons (Fsp3) is 0.643. The highest BCUT2D eigenvalue weighted by molar-refractivity contribution is 5.93. The standard InChI is InChI=1S/C14H21NO3/c1-17-8-3-5-12-4-2-7-15(10-12)14(16)13-6-9-18-11-13/h6,9,11-12H,2-5,7-8,10H2,1H3/t12-/m1/s1. The van der Waals surface area contributed by atoms with Crippen LogP contribution < -0.4 is 0 Å². The lowest BCUT2D eigenvalue weighted by atomic mass is 9.93. The second-order valence-corrected chi connectivity index (χ2v) is 4.91. The van der Waals surface area contributed by atoms with Crippen molar-refractivity contribution in [2.75, 3.05) is 26.8 Å². The molecule has 0 unspecified atom stereocenters. The Balaban J connectivity index is 1.84. The number of carbonyl (C=O) groups is 1. The summed E-state index contributed by atoms with van der Waals surface area (Å²) >= 11 is 0. The second kappa shape index (κ2) is 6.59. The normalized spacial score (nSPS) is 20.1. The third-order valence-electron chi connectivity index (χ3n) is 3.54. The van der Waals surface area contributed by atoms with E-state index in [-0.39, 0.29) is 5.91 Å². The molecule has 1 aromatic rings. The molecule has 1 amide bonds. The Hall–Kier alpha value is -1.29. The highest BCUT2D eigenvalue weighted by Crippen LogP contribution is 2.22. The number of hydrogen-bond donors (Lipinski definition) is 0. The number of likely N-dealkylation sites (tertiary alicyclic amines) is 1. The molecule has 2 rings (SSSR count). The first-order valence-corrected chi connectivity index (χ1v) is 6.61. The van der Waals surface area contributed by atoms with E-state index in [2.05, 4.69) is 0 Å². The number of methoxy groups -OCH3 is 1. The van der Waals surface area contributed by atoms with E-state index in [4.69, 9.17) is 9.15 Å². The van der Waals surface area contributed by atoms with Crippen molar-refractivity contribution in [3.63, 3.8) is 0 Å². The van der Waals surface area contributed by atoms with Gasteiger partial charge in [0.2, 0.25) is 0 Å². The van der Waals surface area contributed by atoms with Crippen LogP contribution in [0, 0.1) is 5.92 Å². The lowest BCUT2D eigenvalue weighted by molar-refractivity contribution is 0.0660. The van der Waals surface area contributed by atoms with Gasteiger partial charge in [0.05, 0.1) is 11.8 Å². The lowest BCUT2D eigenvalue weighted by Crippen LogP contribution is -2.39. The highest BCUT2D eigenvalue weighted by Gasteiger charge is 2.24. The summed E-state index contributed by atoms with van der Waals surface area (Å²) in [7, 11) is 1.73. The van der Waals surface area contributed by atoms with Crippen molar-refractivity contribution in [3.05, 3.63) is 24.2 Å². The molecule has 0 aliphatic carbocycles. The molecule has 18 heavy (non-hydrogen) atoms. The number of nitrogens with zero attached hydrogens (tertiary/aromatic N) is 1. The van der Waals surface area contributed by atoms with Crippen LogP contribution in [0.25, 0.3) is 0 Å². The van der Waals surface area contributed by atoms with Gasteiger partial charge in [0, 0.05) is 26.8 Å². The highest BCUT2D eigenvalue weighted by atomic mass is 16.5. The molecule has 1 aromatic heterocycles. The van der Waals surface area contributed by atoms with Gasteiger partial charge >= 0.3 is 0 Å². The van der Waals surface area contributed by atoms with Crippen molar-refractivity contribution in [2.24, 2.45) is 5.92 Å². The van der Waals surface area contributed by atoms with Gasteiger partial charge in [-0.1, -0.05) is 0 Å². The summed E-state index contributed by atoms with van der Waals surface area (Å²) in [5.74, 6) is 0.713. The van der Waals surface area contributed by atoms with Gasteiger partial charge in [0.1, 0.15) is 6.26 Å². The molecule has 1 aliphatic rings. The van der Waals surface area contributed by atoms with Gasteiger partial charge < -0.3 is 14.1 Å². The zero-order valence-corrected chi connectivity index (χ0v) is 10.9. The number of furan rings is 1. The van der Waals surface area contributed by atoms with Crippen LogP contribution >= 0.6 is 0 Å². The average Bonchev–Trinajstić information content (AvgIpc) is 2.92. The fourth-order valence-electron chi connectivity index (χ4n) is 2.57. The lowest BCUT2D eigenvalue weighted by Gasteiger charge is -2.32. The summed E-state index contributed by atoms with van der Waals surface area (Å²) in [6.45, 7) is 2.55. The molecule has 0 radical (unpaired) electrons. The first-order chi connectivity index (χ1) is 8.81. The third kappa shape index (κ3) is 3.35. The van der Waals surface area contributed by atoms with Gasteiger partial charge in [-0.2, -0.15) is 0 Å². The topological polar surface area (TPSA) is 42.7 Å². The van der Waals surface area contributed by atoms with E-state index in [0.29, 0.717) is 11.5 Å². The number of piperidine rings is 1. The van der Waals surface area contributed by atoms with Crippen LogP contribution in [0.5, 0.6) is 0 Å². The Labute approximate surface area is 108 Å². The molecule has 0 spiro atoms. The largest absolute Gasteiger partial charge is 0.472 e. The summed E-state index contributed by atoms with van der Waals surface area (Å²) in [6.07, 6.45) is 7.61.